The third kappa shape index (κ3) is 3.57. The van der Waals surface area contributed by atoms with Crippen molar-refractivity contribution >= 4 is 28.9 Å². The van der Waals surface area contributed by atoms with Gasteiger partial charge in [0.2, 0.25) is 5.89 Å². The Morgan fingerprint density at radius 3 is 2.65 bits per heavy atom. The molecule has 0 unspecified atom stereocenters. The van der Waals surface area contributed by atoms with Gasteiger partial charge in [-0.1, -0.05) is 23.7 Å². The summed E-state index contributed by atoms with van der Waals surface area (Å²) < 4.78 is 10.4. The molecule has 0 radical (unpaired) electrons. The van der Waals surface area contributed by atoms with Crippen LogP contribution in [0.25, 0.3) is 10.6 Å². The van der Waals surface area contributed by atoms with Gasteiger partial charge in [-0.3, -0.25) is 0 Å². The molecule has 0 saturated carbocycles. The van der Waals surface area contributed by atoms with E-state index in [2.05, 4.69) is 15.2 Å². The number of benzene rings is 1. The number of aryl methyl sites for hydroxylation is 2. The number of nitrogens with zero attached hydrogens (tertiary/aromatic N) is 3. The first-order valence-electron chi connectivity index (χ1n) is 6.72. The first-order valence-corrected chi connectivity index (χ1v) is 7.92. The molecule has 0 fully saturated rings. The molecule has 0 bridgehead atoms. The molecule has 118 valence electrons. The second-order valence-electron chi connectivity index (χ2n) is 4.73. The minimum atomic E-state index is -0.462. The van der Waals surface area contributed by atoms with Crippen LogP contribution in [-0.2, 0) is 11.3 Å². The molecule has 0 N–H and O–H groups in total. The van der Waals surface area contributed by atoms with Crippen LogP contribution in [-0.4, -0.2) is 21.2 Å². The standard InChI is InChI=1S/C15H12ClN3O3S/c1-8-13(15(20)21-7-12-19-18-9(2)22-12)23-14(17-8)10-3-5-11(16)6-4-10/h3-6H,7H2,1-2H3. The maximum atomic E-state index is 12.2. The van der Waals surface area contributed by atoms with E-state index in [1.54, 1.807) is 26.0 Å². The lowest BCUT2D eigenvalue weighted by molar-refractivity contribution is 0.0441. The monoisotopic (exact) mass is 349 g/mol. The molecule has 0 spiro atoms. The largest absolute Gasteiger partial charge is 0.451 e. The van der Waals surface area contributed by atoms with Crippen molar-refractivity contribution in [1.29, 1.82) is 0 Å². The maximum absolute atomic E-state index is 12.2. The number of aromatic nitrogens is 3. The van der Waals surface area contributed by atoms with E-state index >= 15 is 0 Å². The van der Waals surface area contributed by atoms with Gasteiger partial charge in [-0.15, -0.1) is 21.5 Å². The minimum absolute atomic E-state index is 0.0622. The van der Waals surface area contributed by atoms with Gasteiger partial charge in [0.15, 0.2) is 6.61 Å². The van der Waals surface area contributed by atoms with Crippen molar-refractivity contribution in [2.75, 3.05) is 0 Å². The molecule has 3 rings (SSSR count). The van der Waals surface area contributed by atoms with Crippen LogP contribution >= 0.6 is 22.9 Å². The molecule has 0 amide bonds. The summed E-state index contributed by atoms with van der Waals surface area (Å²) >= 11 is 7.15. The molecule has 6 nitrogen and oxygen atoms in total. The Morgan fingerprint density at radius 2 is 2.00 bits per heavy atom. The number of ether oxygens (including phenoxy) is 1. The highest BCUT2D eigenvalue weighted by molar-refractivity contribution is 7.17. The smallest absolute Gasteiger partial charge is 0.350 e. The van der Waals surface area contributed by atoms with Gasteiger partial charge in [0.25, 0.3) is 5.89 Å². The Balaban J connectivity index is 1.74. The number of hydrogen-bond donors (Lipinski definition) is 0. The van der Waals surface area contributed by atoms with E-state index in [1.807, 2.05) is 12.1 Å². The molecular weight excluding hydrogens is 338 g/mol. The normalized spacial score (nSPS) is 10.7. The Hall–Kier alpha value is -2.25. The molecule has 0 aliphatic rings. The molecule has 0 saturated heterocycles. The zero-order valence-corrected chi connectivity index (χ0v) is 13.9. The Kier molecular flexibility index (Phi) is 4.40. The van der Waals surface area contributed by atoms with E-state index in [4.69, 9.17) is 20.8 Å². The zero-order chi connectivity index (χ0) is 16.4. The number of carbonyl (C=O) groups excluding carboxylic acids is 1. The third-order valence-corrected chi connectivity index (χ3v) is 4.41. The van der Waals surface area contributed by atoms with Crippen LogP contribution < -0.4 is 0 Å². The summed E-state index contributed by atoms with van der Waals surface area (Å²) in [6.45, 7) is 3.38. The molecule has 8 heteroatoms. The highest BCUT2D eigenvalue weighted by Gasteiger charge is 2.18. The number of halogens is 1. The van der Waals surface area contributed by atoms with Crippen LogP contribution in [0, 0.1) is 13.8 Å². The van der Waals surface area contributed by atoms with Crippen LogP contribution in [0.15, 0.2) is 28.7 Å². The summed E-state index contributed by atoms with van der Waals surface area (Å²) in [5.41, 5.74) is 1.51. The highest BCUT2D eigenvalue weighted by atomic mass is 35.5. The first kappa shape index (κ1) is 15.6. The van der Waals surface area contributed by atoms with Crippen LogP contribution in [0.3, 0.4) is 0 Å². The summed E-state index contributed by atoms with van der Waals surface area (Å²) in [4.78, 5) is 17.0. The third-order valence-electron chi connectivity index (χ3n) is 2.97. The summed E-state index contributed by atoms with van der Waals surface area (Å²) in [6.07, 6.45) is 0. The van der Waals surface area contributed by atoms with Gasteiger partial charge in [0.1, 0.15) is 9.88 Å². The summed E-state index contributed by atoms with van der Waals surface area (Å²) in [5, 5.41) is 8.84. The average molecular weight is 350 g/mol. The second-order valence-corrected chi connectivity index (χ2v) is 6.17. The lowest BCUT2D eigenvalue weighted by Crippen LogP contribution is -2.05. The second kappa shape index (κ2) is 6.47. The van der Waals surface area contributed by atoms with E-state index < -0.39 is 5.97 Å². The van der Waals surface area contributed by atoms with Gasteiger partial charge in [-0.2, -0.15) is 0 Å². The van der Waals surface area contributed by atoms with Crippen LogP contribution in [0.5, 0.6) is 0 Å². The van der Waals surface area contributed by atoms with Gasteiger partial charge in [0, 0.05) is 17.5 Å². The fourth-order valence-electron chi connectivity index (χ4n) is 1.89. The van der Waals surface area contributed by atoms with Gasteiger partial charge in [-0.05, 0) is 19.1 Å². The molecule has 0 atom stereocenters. The quantitative estimate of drug-likeness (QED) is 0.666. The average Bonchev–Trinajstić information content (AvgIpc) is 3.11. The number of esters is 1. The fraction of sp³-hybridized carbons (Fsp3) is 0.200. The molecular formula is C15H12ClN3O3S. The van der Waals surface area contributed by atoms with Crippen molar-refractivity contribution < 1.29 is 13.9 Å². The number of rotatable bonds is 4. The van der Waals surface area contributed by atoms with Gasteiger partial charge >= 0.3 is 5.97 Å². The van der Waals surface area contributed by atoms with E-state index in [-0.39, 0.29) is 12.5 Å². The van der Waals surface area contributed by atoms with E-state index in [0.717, 1.165) is 10.6 Å². The summed E-state index contributed by atoms with van der Waals surface area (Å²) in [6, 6.07) is 7.28. The zero-order valence-electron chi connectivity index (χ0n) is 12.4. The van der Waals surface area contributed by atoms with Crippen LogP contribution in [0.4, 0.5) is 0 Å². The number of carbonyl (C=O) groups is 1. The Labute approximate surface area is 141 Å². The van der Waals surface area contributed by atoms with Crippen molar-refractivity contribution in [2.24, 2.45) is 0 Å². The Morgan fingerprint density at radius 1 is 1.26 bits per heavy atom. The first-order chi connectivity index (χ1) is 11.0. The van der Waals surface area contributed by atoms with Gasteiger partial charge < -0.3 is 9.15 Å². The topological polar surface area (TPSA) is 78.1 Å². The van der Waals surface area contributed by atoms with Crippen molar-refractivity contribution in [1.82, 2.24) is 15.2 Å². The number of hydrogen-bond acceptors (Lipinski definition) is 7. The van der Waals surface area contributed by atoms with E-state index in [0.29, 0.717) is 21.5 Å². The predicted octanol–water partition coefficient (Wildman–Crippen LogP) is 3.82. The molecule has 3 aromatic rings. The minimum Gasteiger partial charge on any atom is -0.451 e. The maximum Gasteiger partial charge on any atom is 0.350 e. The van der Waals surface area contributed by atoms with Crippen molar-refractivity contribution in [2.45, 2.75) is 20.5 Å². The molecule has 0 aliphatic heterocycles. The van der Waals surface area contributed by atoms with E-state index in [1.165, 1.54) is 11.3 Å². The van der Waals surface area contributed by atoms with Crippen molar-refractivity contribution in [3.63, 3.8) is 0 Å². The van der Waals surface area contributed by atoms with Crippen molar-refractivity contribution in [3.8, 4) is 10.6 Å². The van der Waals surface area contributed by atoms with Gasteiger partial charge in [-0.25, -0.2) is 9.78 Å². The molecule has 2 aromatic heterocycles. The predicted molar refractivity (Wildman–Crippen MR) is 85.5 cm³/mol. The fourth-order valence-corrected chi connectivity index (χ4v) is 2.98. The van der Waals surface area contributed by atoms with E-state index in [9.17, 15) is 4.79 Å². The SMILES string of the molecule is Cc1nnc(COC(=O)c2sc(-c3ccc(Cl)cc3)nc2C)o1. The highest BCUT2D eigenvalue weighted by Crippen LogP contribution is 2.29. The molecule has 1 aromatic carbocycles. The number of thiazole rings is 1. The molecule has 2 heterocycles. The summed E-state index contributed by atoms with van der Waals surface area (Å²) in [7, 11) is 0. The molecule has 23 heavy (non-hydrogen) atoms. The van der Waals surface area contributed by atoms with Crippen molar-refractivity contribution in [3.05, 3.63) is 51.6 Å². The van der Waals surface area contributed by atoms with Gasteiger partial charge in [0.05, 0.1) is 5.69 Å². The van der Waals surface area contributed by atoms with Crippen LogP contribution in [0.2, 0.25) is 5.02 Å². The van der Waals surface area contributed by atoms with Crippen LogP contribution in [0.1, 0.15) is 27.1 Å². The lowest BCUT2D eigenvalue weighted by atomic mass is 10.2. The lowest BCUT2D eigenvalue weighted by Gasteiger charge is -1.99. The molecule has 0 aliphatic carbocycles. The summed E-state index contributed by atoms with van der Waals surface area (Å²) in [5.74, 6) is 0.224. The Bertz CT molecular complexity index is 842.